The van der Waals surface area contributed by atoms with Gasteiger partial charge in [-0.25, -0.2) is 4.98 Å². The highest BCUT2D eigenvalue weighted by Gasteiger charge is 2.50. The Labute approximate surface area is 231 Å². The van der Waals surface area contributed by atoms with Crippen molar-refractivity contribution in [3.63, 3.8) is 0 Å². The van der Waals surface area contributed by atoms with E-state index in [-0.39, 0.29) is 17.4 Å². The fourth-order valence-corrected chi connectivity index (χ4v) is 6.55. The first kappa shape index (κ1) is 25.7. The van der Waals surface area contributed by atoms with Crippen molar-refractivity contribution in [2.45, 2.75) is 75.9 Å². The molecule has 2 aromatic heterocycles. The van der Waals surface area contributed by atoms with Crippen molar-refractivity contribution in [1.29, 1.82) is 0 Å². The summed E-state index contributed by atoms with van der Waals surface area (Å²) in [5.74, 6) is 0.912. The molecule has 7 rings (SSSR count). The van der Waals surface area contributed by atoms with E-state index < -0.39 is 5.97 Å². The largest absolute Gasteiger partial charge is 0.481 e. The monoisotopic (exact) mass is 556 g/mol. The van der Waals surface area contributed by atoms with Crippen molar-refractivity contribution in [3.05, 3.63) is 63.5 Å². The molecule has 0 aliphatic heterocycles. The number of benzene rings is 1. The first-order valence-corrected chi connectivity index (χ1v) is 14.0. The number of carboxylic acids is 1. The summed E-state index contributed by atoms with van der Waals surface area (Å²) in [6.45, 7) is 1.01. The Morgan fingerprint density at radius 2 is 1.79 bits per heavy atom. The predicted molar refractivity (Wildman–Crippen MR) is 143 cm³/mol. The molecule has 0 spiro atoms. The molecule has 4 fully saturated rings. The number of pyridine rings is 1. The maximum Gasteiger partial charge on any atom is 0.307 e. The summed E-state index contributed by atoms with van der Waals surface area (Å²) in [7, 11) is 0. The van der Waals surface area contributed by atoms with E-state index in [0.717, 1.165) is 62.7 Å². The van der Waals surface area contributed by atoms with Gasteiger partial charge in [0.1, 0.15) is 11.5 Å². The zero-order valence-electron chi connectivity index (χ0n) is 21.1. The second-order valence-electron chi connectivity index (χ2n) is 11.1. The van der Waals surface area contributed by atoms with Gasteiger partial charge in [0.25, 0.3) is 0 Å². The number of hydrogen-bond acceptors (Lipinski definition) is 6. The molecule has 1 aromatic carbocycles. The second-order valence-corrected chi connectivity index (χ2v) is 11.9. The van der Waals surface area contributed by atoms with Gasteiger partial charge in [-0.2, -0.15) is 0 Å². The Balaban J connectivity index is 1.12. The number of aromatic nitrogens is 2. The van der Waals surface area contributed by atoms with E-state index in [0.29, 0.717) is 51.9 Å². The molecule has 7 nitrogen and oxygen atoms in total. The minimum atomic E-state index is -0.866. The Bertz CT molecular complexity index is 1310. The molecule has 4 aliphatic carbocycles. The summed E-state index contributed by atoms with van der Waals surface area (Å²) in [5, 5.41) is 14.6. The molecular weight excluding hydrogens is 527 g/mol. The number of rotatable bonds is 10. The third-order valence-corrected chi connectivity index (χ3v) is 9.13. The lowest BCUT2D eigenvalue weighted by molar-refractivity contribution is -0.150. The van der Waals surface area contributed by atoms with Crippen LogP contribution in [-0.2, 0) is 22.6 Å². The van der Waals surface area contributed by atoms with Crippen LogP contribution < -0.4 is 4.74 Å². The van der Waals surface area contributed by atoms with Gasteiger partial charge in [0.05, 0.1) is 35.3 Å². The smallest absolute Gasteiger partial charge is 0.307 e. The van der Waals surface area contributed by atoms with E-state index in [2.05, 4.69) is 10.1 Å². The fourth-order valence-electron chi connectivity index (χ4n) is 5.98. The average molecular weight is 557 g/mol. The molecule has 0 radical (unpaired) electrons. The zero-order chi connectivity index (χ0) is 26.3. The van der Waals surface area contributed by atoms with Crippen molar-refractivity contribution < 1.29 is 23.9 Å². The lowest BCUT2D eigenvalue weighted by atomic mass is 9.59. The molecule has 9 heteroatoms. The zero-order valence-corrected chi connectivity index (χ0v) is 22.6. The number of halogens is 2. The molecule has 1 N–H and O–H groups in total. The Hall–Kier alpha value is -2.61. The molecular formula is C29H30Cl2N2O5. The van der Waals surface area contributed by atoms with E-state index in [4.69, 9.17) is 42.3 Å². The quantitative estimate of drug-likeness (QED) is 0.281. The normalized spacial score (nSPS) is 24.5. The van der Waals surface area contributed by atoms with E-state index in [9.17, 15) is 4.79 Å². The minimum absolute atomic E-state index is 0.0388. The van der Waals surface area contributed by atoms with E-state index in [1.165, 1.54) is 0 Å². The van der Waals surface area contributed by atoms with Gasteiger partial charge in [0.2, 0.25) is 5.88 Å². The molecule has 2 heterocycles. The lowest BCUT2D eigenvalue weighted by Crippen LogP contribution is -2.49. The number of ether oxygens (including phenoxy) is 2. The van der Waals surface area contributed by atoms with Gasteiger partial charge < -0.3 is 19.1 Å². The highest BCUT2D eigenvalue weighted by atomic mass is 35.5. The first-order chi connectivity index (χ1) is 18.4. The maximum atomic E-state index is 11.0. The molecule has 0 saturated heterocycles. The van der Waals surface area contributed by atoms with E-state index in [1.54, 1.807) is 18.3 Å². The van der Waals surface area contributed by atoms with Crippen molar-refractivity contribution in [2.75, 3.05) is 6.61 Å². The average Bonchev–Trinajstić information content (AvgIpc) is 3.67. The van der Waals surface area contributed by atoms with Crippen molar-refractivity contribution >= 4 is 29.2 Å². The van der Waals surface area contributed by atoms with E-state index in [1.807, 2.05) is 18.2 Å². The molecule has 200 valence electrons. The van der Waals surface area contributed by atoms with Gasteiger partial charge in [-0.3, -0.25) is 4.79 Å². The topological polar surface area (TPSA) is 94.7 Å². The van der Waals surface area contributed by atoms with E-state index >= 15 is 0 Å². The molecule has 0 amide bonds. The molecule has 0 atom stereocenters. The highest BCUT2D eigenvalue weighted by Crippen LogP contribution is 2.55. The maximum absolute atomic E-state index is 11.0. The van der Waals surface area contributed by atoms with Crippen LogP contribution in [-0.4, -0.2) is 33.4 Å². The molecule has 3 aromatic rings. The Kier molecular flexibility index (Phi) is 6.87. The van der Waals surface area contributed by atoms with Gasteiger partial charge in [0, 0.05) is 34.7 Å². The summed E-state index contributed by atoms with van der Waals surface area (Å²) < 4.78 is 18.6. The van der Waals surface area contributed by atoms with Gasteiger partial charge in [-0.05, 0) is 75.1 Å². The molecule has 4 saturated carbocycles. The number of carbonyl (C=O) groups is 1. The van der Waals surface area contributed by atoms with Crippen LogP contribution in [0.25, 0.3) is 11.3 Å². The Morgan fingerprint density at radius 3 is 2.45 bits per heavy atom. The second kappa shape index (κ2) is 10.2. The third kappa shape index (κ3) is 5.16. The molecule has 4 aliphatic rings. The van der Waals surface area contributed by atoms with Gasteiger partial charge in [-0.1, -0.05) is 34.4 Å². The molecule has 2 bridgehead atoms. The van der Waals surface area contributed by atoms with Crippen LogP contribution in [0.4, 0.5) is 0 Å². The summed E-state index contributed by atoms with van der Waals surface area (Å²) in [6.07, 6.45) is 9.72. The lowest BCUT2D eigenvalue weighted by Gasteiger charge is -2.52. The summed E-state index contributed by atoms with van der Waals surface area (Å²) in [4.78, 5) is 15.3. The fraction of sp³-hybridized carbons (Fsp3) is 0.483. The van der Waals surface area contributed by atoms with Crippen LogP contribution in [0.15, 0.2) is 41.1 Å². The number of nitrogens with zero attached hydrogens (tertiary/aromatic N) is 2. The summed E-state index contributed by atoms with van der Waals surface area (Å²) in [6, 6.07) is 8.90. The highest BCUT2D eigenvalue weighted by molar-refractivity contribution is 6.39. The number of fused-ring (bicyclic) bond motifs is 3. The van der Waals surface area contributed by atoms with Crippen LogP contribution in [0, 0.1) is 5.41 Å². The Morgan fingerprint density at radius 1 is 1.08 bits per heavy atom. The molecule has 0 unspecified atom stereocenters. The third-order valence-electron chi connectivity index (χ3n) is 8.50. The number of aliphatic carboxylic acids is 1. The summed E-state index contributed by atoms with van der Waals surface area (Å²) >= 11 is 13.0. The number of carboxylic acid groups (broad SMARTS) is 1. The standard InChI is InChI=1S/C29H30Cl2N2O5/c30-21-2-1-3-22(31)25(21)26-20(27(38-33-26)19-4-5-19)16-37-29-10-7-28(8-11-29,9-12-29)17-36-23-14-18(6-13-32-23)15-24(34)35/h1-3,6,13-14,19H,4-5,7-12,15-17H2,(H,34,35). The number of hydrogen-bond donors (Lipinski definition) is 1. The van der Waals surface area contributed by atoms with Crippen molar-refractivity contribution in [2.24, 2.45) is 5.41 Å². The van der Waals surface area contributed by atoms with Crippen LogP contribution >= 0.6 is 23.2 Å². The van der Waals surface area contributed by atoms with Gasteiger partial charge in [-0.15, -0.1) is 0 Å². The molecule has 38 heavy (non-hydrogen) atoms. The van der Waals surface area contributed by atoms with Crippen LogP contribution in [0.5, 0.6) is 5.88 Å². The SMILES string of the molecule is O=C(O)Cc1ccnc(OCC23CCC(OCc4c(-c5c(Cl)cccc5Cl)noc4C4CC4)(CC2)CC3)c1. The van der Waals surface area contributed by atoms with Gasteiger partial charge >= 0.3 is 5.97 Å². The predicted octanol–water partition coefficient (Wildman–Crippen LogP) is 7.24. The minimum Gasteiger partial charge on any atom is -0.481 e. The summed E-state index contributed by atoms with van der Waals surface area (Å²) in [5.41, 5.74) is 2.98. The van der Waals surface area contributed by atoms with Crippen LogP contribution in [0.3, 0.4) is 0 Å². The van der Waals surface area contributed by atoms with Crippen molar-refractivity contribution in [3.8, 4) is 17.1 Å². The van der Waals surface area contributed by atoms with Crippen molar-refractivity contribution in [1.82, 2.24) is 10.1 Å². The van der Waals surface area contributed by atoms with Gasteiger partial charge in [0.15, 0.2) is 0 Å². The van der Waals surface area contributed by atoms with Crippen LogP contribution in [0.1, 0.15) is 74.2 Å². The first-order valence-electron chi connectivity index (χ1n) is 13.2. The van der Waals surface area contributed by atoms with Crippen LogP contribution in [0.2, 0.25) is 10.0 Å².